The first-order chi connectivity index (χ1) is 11.4. The molecule has 1 aliphatic heterocycles. The predicted molar refractivity (Wildman–Crippen MR) is 92.9 cm³/mol. The first-order valence-corrected chi connectivity index (χ1v) is 9.06. The van der Waals surface area contributed by atoms with Crippen molar-refractivity contribution in [2.24, 2.45) is 17.3 Å². The van der Waals surface area contributed by atoms with Crippen LogP contribution in [0.25, 0.3) is 0 Å². The molecule has 1 aromatic rings. The third-order valence-corrected chi connectivity index (χ3v) is 5.90. The monoisotopic (exact) mass is 349 g/mol. The number of amides is 1. The van der Waals surface area contributed by atoms with Crippen LogP contribution in [-0.4, -0.2) is 35.0 Å². The van der Waals surface area contributed by atoms with Crippen molar-refractivity contribution < 1.29 is 14.7 Å². The van der Waals surface area contributed by atoms with E-state index in [0.29, 0.717) is 24.5 Å². The van der Waals surface area contributed by atoms with Gasteiger partial charge in [0.05, 0.1) is 11.3 Å². The number of carboxylic acids is 1. The normalized spacial score (nSPS) is 25.8. The molecule has 2 aliphatic rings. The molecule has 1 saturated carbocycles. The van der Waals surface area contributed by atoms with Crippen molar-refractivity contribution in [2.75, 3.05) is 13.1 Å². The fourth-order valence-electron chi connectivity index (χ4n) is 4.35. The molecule has 1 amide bonds. The van der Waals surface area contributed by atoms with E-state index in [2.05, 4.69) is 0 Å². The van der Waals surface area contributed by atoms with Crippen LogP contribution in [0.5, 0.6) is 0 Å². The lowest BCUT2D eigenvalue weighted by Crippen LogP contribution is -2.43. The Morgan fingerprint density at radius 2 is 2.00 bits per heavy atom. The minimum Gasteiger partial charge on any atom is -0.481 e. The summed E-state index contributed by atoms with van der Waals surface area (Å²) in [6, 6.07) is 7.71. The Hall–Kier alpha value is -1.55. The van der Waals surface area contributed by atoms with E-state index in [4.69, 9.17) is 11.6 Å². The molecule has 1 aliphatic carbocycles. The summed E-state index contributed by atoms with van der Waals surface area (Å²) in [4.78, 5) is 26.4. The second kappa shape index (κ2) is 6.75. The maximum absolute atomic E-state index is 13.3. The molecule has 0 unspecified atom stereocenters. The number of carbonyl (C=O) groups excluding carboxylic acids is 1. The molecule has 24 heavy (non-hydrogen) atoms. The number of carbonyl (C=O) groups is 2. The number of hydrogen-bond donors (Lipinski definition) is 1. The van der Waals surface area contributed by atoms with Gasteiger partial charge in [-0.2, -0.15) is 0 Å². The highest BCUT2D eigenvalue weighted by atomic mass is 35.5. The van der Waals surface area contributed by atoms with Gasteiger partial charge >= 0.3 is 5.97 Å². The summed E-state index contributed by atoms with van der Waals surface area (Å²) in [6.07, 6.45) is 4.55. The molecule has 1 aromatic carbocycles. The highest BCUT2D eigenvalue weighted by Gasteiger charge is 2.47. The van der Waals surface area contributed by atoms with Crippen LogP contribution in [-0.2, 0) is 16.0 Å². The molecular weight excluding hydrogens is 326 g/mol. The van der Waals surface area contributed by atoms with E-state index in [1.807, 2.05) is 31.2 Å². The summed E-state index contributed by atoms with van der Waals surface area (Å²) < 4.78 is 0. The Balaban J connectivity index is 1.80. The fourth-order valence-corrected chi connectivity index (χ4v) is 4.56. The average molecular weight is 350 g/mol. The molecule has 2 atom stereocenters. The largest absolute Gasteiger partial charge is 0.481 e. The summed E-state index contributed by atoms with van der Waals surface area (Å²) in [5.74, 6) is -1.10. The highest BCUT2D eigenvalue weighted by Crippen LogP contribution is 2.44. The van der Waals surface area contributed by atoms with E-state index < -0.39 is 17.3 Å². The van der Waals surface area contributed by atoms with E-state index in [0.717, 1.165) is 31.2 Å². The van der Waals surface area contributed by atoms with Crippen LogP contribution >= 0.6 is 11.6 Å². The third-order valence-electron chi connectivity index (χ3n) is 5.66. The van der Waals surface area contributed by atoms with Crippen LogP contribution < -0.4 is 0 Å². The van der Waals surface area contributed by atoms with Crippen molar-refractivity contribution in [1.29, 1.82) is 0 Å². The zero-order valence-electron chi connectivity index (χ0n) is 14.0. The third kappa shape index (κ3) is 3.30. The topological polar surface area (TPSA) is 57.6 Å². The van der Waals surface area contributed by atoms with Crippen molar-refractivity contribution in [3.05, 3.63) is 34.9 Å². The molecule has 0 radical (unpaired) electrons. The lowest BCUT2D eigenvalue weighted by atomic mass is 9.78. The number of hydrogen-bond acceptors (Lipinski definition) is 2. The Bertz CT molecular complexity index is 639. The number of carboxylic acid groups (broad SMARTS) is 1. The van der Waals surface area contributed by atoms with Crippen molar-refractivity contribution in [3.8, 4) is 0 Å². The molecule has 1 saturated heterocycles. The molecule has 2 fully saturated rings. The molecule has 0 aromatic heterocycles. The minimum absolute atomic E-state index is 0.0103. The number of benzene rings is 1. The summed E-state index contributed by atoms with van der Waals surface area (Å²) in [6.45, 7) is 2.81. The van der Waals surface area contributed by atoms with Crippen molar-refractivity contribution in [3.63, 3.8) is 0 Å². The Morgan fingerprint density at radius 3 is 2.58 bits per heavy atom. The number of aliphatic carboxylic acids is 1. The van der Waals surface area contributed by atoms with Crippen LogP contribution in [0.2, 0.25) is 5.02 Å². The number of rotatable bonds is 4. The lowest BCUT2D eigenvalue weighted by molar-refractivity contribution is -0.143. The summed E-state index contributed by atoms with van der Waals surface area (Å²) in [5.41, 5.74) is 0.692. The van der Waals surface area contributed by atoms with Crippen LogP contribution in [0.15, 0.2) is 24.3 Å². The lowest BCUT2D eigenvalue weighted by Gasteiger charge is -2.32. The second-order valence-electron chi connectivity index (χ2n) is 7.43. The van der Waals surface area contributed by atoms with Crippen molar-refractivity contribution in [2.45, 2.75) is 39.0 Å². The van der Waals surface area contributed by atoms with Gasteiger partial charge in [-0.25, -0.2) is 0 Å². The van der Waals surface area contributed by atoms with Crippen LogP contribution in [0.1, 0.15) is 38.2 Å². The number of nitrogens with zero attached hydrogens (tertiary/aromatic N) is 1. The first-order valence-electron chi connectivity index (χ1n) is 8.68. The zero-order chi connectivity index (χ0) is 17.3. The average Bonchev–Trinajstić information content (AvgIpc) is 3.14. The minimum atomic E-state index is -0.798. The van der Waals surface area contributed by atoms with Gasteiger partial charge in [-0.15, -0.1) is 0 Å². The van der Waals surface area contributed by atoms with E-state index in [9.17, 15) is 14.7 Å². The molecule has 1 N–H and O–H groups in total. The van der Waals surface area contributed by atoms with Crippen molar-refractivity contribution in [1.82, 2.24) is 4.90 Å². The van der Waals surface area contributed by atoms with Gasteiger partial charge in [-0.05, 0) is 42.9 Å². The van der Waals surface area contributed by atoms with Gasteiger partial charge in [0.1, 0.15) is 0 Å². The Morgan fingerprint density at radius 1 is 1.29 bits per heavy atom. The maximum atomic E-state index is 13.3. The maximum Gasteiger partial charge on any atom is 0.308 e. The van der Waals surface area contributed by atoms with Gasteiger partial charge in [0.25, 0.3) is 0 Å². The smallest absolute Gasteiger partial charge is 0.308 e. The van der Waals surface area contributed by atoms with Crippen LogP contribution in [0, 0.1) is 17.3 Å². The van der Waals surface area contributed by atoms with Gasteiger partial charge in [0.2, 0.25) is 5.91 Å². The number of halogens is 1. The van der Waals surface area contributed by atoms with Crippen molar-refractivity contribution >= 4 is 23.5 Å². The molecule has 130 valence electrons. The first kappa shape index (κ1) is 17.3. The molecule has 5 heteroatoms. The second-order valence-corrected chi connectivity index (χ2v) is 7.86. The van der Waals surface area contributed by atoms with Crippen LogP contribution in [0.4, 0.5) is 0 Å². The SMILES string of the molecule is C[C@@H]1CN(C(=O)C2(Cc3cccc(Cl)c3)CCCC2)C[C@H]1C(=O)O. The fraction of sp³-hybridized carbons (Fsp3) is 0.579. The van der Waals surface area contributed by atoms with E-state index in [-0.39, 0.29) is 11.8 Å². The van der Waals surface area contributed by atoms with Gasteiger partial charge < -0.3 is 10.0 Å². The molecule has 1 heterocycles. The van der Waals surface area contributed by atoms with E-state index >= 15 is 0 Å². The van der Waals surface area contributed by atoms with Gasteiger partial charge in [0, 0.05) is 18.1 Å². The Kier molecular flexibility index (Phi) is 4.86. The molecule has 4 nitrogen and oxygen atoms in total. The molecule has 3 rings (SSSR count). The summed E-state index contributed by atoms with van der Waals surface area (Å²) in [5, 5.41) is 10.0. The number of likely N-dealkylation sites (tertiary alicyclic amines) is 1. The standard InChI is InChI=1S/C19H24ClNO3/c1-13-11-21(12-16(13)17(22)23)18(24)19(7-2-3-8-19)10-14-5-4-6-15(20)9-14/h4-6,9,13,16H,2-3,7-8,10-12H2,1H3,(H,22,23)/t13-,16-/m1/s1. The molecular formula is C19H24ClNO3. The van der Waals surface area contributed by atoms with Gasteiger partial charge in [-0.3, -0.25) is 9.59 Å². The van der Waals surface area contributed by atoms with E-state index in [1.165, 1.54) is 0 Å². The zero-order valence-corrected chi connectivity index (χ0v) is 14.8. The molecule has 0 bridgehead atoms. The highest BCUT2D eigenvalue weighted by molar-refractivity contribution is 6.30. The van der Waals surface area contributed by atoms with E-state index in [1.54, 1.807) is 4.90 Å². The summed E-state index contributed by atoms with van der Waals surface area (Å²) in [7, 11) is 0. The van der Waals surface area contributed by atoms with Crippen LogP contribution in [0.3, 0.4) is 0 Å². The molecule has 0 spiro atoms. The predicted octanol–water partition coefficient (Wildman–Crippen LogP) is 3.62. The van der Waals surface area contributed by atoms with Gasteiger partial charge in [-0.1, -0.05) is 43.5 Å². The Labute approximate surface area is 147 Å². The van der Waals surface area contributed by atoms with Gasteiger partial charge in [0.15, 0.2) is 0 Å². The summed E-state index contributed by atoms with van der Waals surface area (Å²) >= 11 is 6.09. The quantitative estimate of drug-likeness (QED) is 0.903.